The predicted molar refractivity (Wildman–Crippen MR) is 64.9 cm³/mol. The largest absolute Gasteiger partial charge is 0.310 e. The van der Waals surface area contributed by atoms with Crippen LogP contribution < -0.4 is 4.90 Å². The van der Waals surface area contributed by atoms with E-state index in [0.29, 0.717) is 17.8 Å². The van der Waals surface area contributed by atoms with Crippen molar-refractivity contribution in [3.8, 4) is 12.1 Å². The third kappa shape index (κ3) is 2.15. The van der Waals surface area contributed by atoms with Crippen LogP contribution in [0.5, 0.6) is 0 Å². The van der Waals surface area contributed by atoms with Crippen LogP contribution in [0.4, 0.5) is 5.69 Å². The standard InChI is InChI=1S/C12H8BrN3O/c13-10-1-2-11(9(4-10)6-15)16-7-8(5-14)3-12(16)17/h1-2,4,8H,3,7H2. The molecule has 1 aliphatic rings. The van der Waals surface area contributed by atoms with E-state index in [4.69, 9.17) is 10.5 Å². The molecule has 0 saturated carbocycles. The molecule has 0 aromatic heterocycles. The van der Waals surface area contributed by atoms with Crippen molar-refractivity contribution in [2.24, 2.45) is 5.92 Å². The van der Waals surface area contributed by atoms with Gasteiger partial charge in [-0.2, -0.15) is 10.5 Å². The number of anilines is 1. The van der Waals surface area contributed by atoms with Crippen molar-refractivity contribution < 1.29 is 4.79 Å². The Morgan fingerprint density at radius 2 is 2.18 bits per heavy atom. The van der Waals surface area contributed by atoms with Gasteiger partial charge in [0.1, 0.15) is 6.07 Å². The molecule has 0 N–H and O–H groups in total. The Morgan fingerprint density at radius 3 is 2.76 bits per heavy atom. The van der Waals surface area contributed by atoms with E-state index in [-0.39, 0.29) is 18.2 Å². The molecule has 1 atom stereocenters. The molecule has 1 heterocycles. The molecule has 17 heavy (non-hydrogen) atoms. The Hall–Kier alpha value is -1.85. The number of hydrogen-bond acceptors (Lipinski definition) is 3. The first-order valence-electron chi connectivity index (χ1n) is 5.05. The van der Waals surface area contributed by atoms with Crippen molar-refractivity contribution in [2.75, 3.05) is 11.4 Å². The Bertz CT molecular complexity index is 556. The van der Waals surface area contributed by atoms with E-state index in [2.05, 4.69) is 28.1 Å². The van der Waals surface area contributed by atoms with Crippen LogP contribution in [0.1, 0.15) is 12.0 Å². The Labute approximate surface area is 107 Å². The number of rotatable bonds is 1. The fourth-order valence-corrected chi connectivity index (χ4v) is 2.22. The van der Waals surface area contributed by atoms with Crippen molar-refractivity contribution in [3.05, 3.63) is 28.2 Å². The zero-order chi connectivity index (χ0) is 12.4. The topological polar surface area (TPSA) is 67.9 Å². The Kier molecular flexibility index (Phi) is 3.12. The zero-order valence-corrected chi connectivity index (χ0v) is 10.4. The fourth-order valence-electron chi connectivity index (χ4n) is 1.86. The Balaban J connectivity index is 2.39. The van der Waals surface area contributed by atoms with Gasteiger partial charge in [0, 0.05) is 17.4 Å². The molecule has 0 radical (unpaired) electrons. The highest BCUT2D eigenvalue weighted by molar-refractivity contribution is 9.10. The zero-order valence-electron chi connectivity index (χ0n) is 8.85. The summed E-state index contributed by atoms with van der Waals surface area (Å²) in [5, 5.41) is 17.9. The molecule has 0 bridgehead atoms. The fraction of sp³-hybridized carbons (Fsp3) is 0.250. The summed E-state index contributed by atoms with van der Waals surface area (Å²) < 4.78 is 0.793. The number of nitrogens with zero attached hydrogens (tertiary/aromatic N) is 3. The van der Waals surface area contributed by atoms with Crippen LogP contribution in [0.2, 0.25) is 0 Å². The second-order valence-corrected chi connectivity index (χ2v) is 4.72. The number of benzene rings is 1. The minimum Gasteiger partial charge on any atom is -0.310 e. The summed E-state index contributed by atoms with van der Waals surface area (Å²) in [6.45, 7) is 0.367. The van der Waals surface area contributed by atoms with Gasteiger partial charge in [-0.3, -0.25) is 4.79 Å². The van der Waals surface area contributed by atoms with Crippen LogP contribution in [0.15, 0.2) is 22.7 Å². The highest BCUT2D eigenvalue weighted by atomic mass is 79.9. The molecular formula is C12H8BrN3O. The maximum absolute atomic E-state index is 11.8. The summed E-state index contributed by atoms with van der Waals surface area (Å²) in [4.78, 5) is 13.3. The molecule has 1 fully saturated rings. The van der Waals surface area contributed by atoms with Gasteiger partial charge in [-0.15, -0.1) is 0 Å². The average Bonchev–Trinajstić information content (AvgIpc) is 2.70. The molecule has 1 amide bonds. The van der Waals surface area contributed by atoms with Gasteiger partial charge in [0.15, 0.2) is 0 Å². The van der Waals surface area contributed by atoms with Crippen LogP contribution in [0, 0.1) is 28.6 Å². The molecule has 1 aliphatic heterocycles. The van der Waals surface area contributed by atoms with E-state index in [9.17, 15) is 4.79 Å². The van der Waals surface area contributed by atoms with Gasteiger partial charge < -0.3 is 4.90 Å². The molecule has 1 saturated heterocycles. The lowest BCUT2D eigenvalue weighted by Crippen LogP contribution is -2.25. The van der Waals surface area contributed by atoms with E-state index in [1.165, 1.54) is 4.90 Å². The van der Waals surface area contributed by atoms with Gasteiger partial charge >= 0.3 is 0 Å². The number of halogens is 1. The van der Waals surface area contributed by atoms with Gasteiger partial charge in [-0.25, -0.2) is 0 Å². The third-order valence-electron chi connectivity index (χ3n) is 2.68. The first-order valence-corrected chi connectivity index (χ1v) is 5.84. The average molecular weight is 290 g/mol. The number of carbonyl (C=O) groups is 1. The SMILES string of the molecule is N#Cc1cc(Br)ccc1N1CC(C#N)CC1=O. The first kappa shape index (κ1) is 11.6. The van der Waals surface area contributed by atoms with E-state index in [1.807, 2.05) is 0 Å². The third-order valence-corrected chi connectivity index (χ3v) is 3.17. The first-order chi connectivity index (χ1) is 8.15. The summed E-state index contributed by atoms with van der Waals surface area (Å²) >= 11 is 3.28. The Morgan fingerprint density at radius 1 is 1.41 bits per heavy atom. The van der Waals surface area contributed by atoms with Crippen molar-refractivity contribution >= 4 is 27.5 Å². The highest BCUT2D eigenvalue weighted by Gasteiger charge is 2.31. The molecule has 5 heteroatoms. The predicted octanol–water partition coefficient (Wildman–Crippen LogP) is 2.20. The molecule has 2 rings (SSSR count). The van der Waals surface area contributed by atoms with Crippen LogP contribution >= 0.6 is 15.9 Å². The van der Waals surface area contributed by atoms with Crippen LogP contribution in [-0.4, -0.2) is 12.5 Å². The number of amides is 1. The number of hydrogen-bond donors (Lipinski definition) is 0. The van der Waals surface area contributed by atoms with Crippen LogP contribution in [0.25, 0.3) is 0 Å². The molecule has 1 unspecified atom stereocenters. The number of carbonyl (C=O) groups excluding carboxylic acids is 1. The van der Waals surface area contributed by atoms with E-state index < -0.39 is 0 Å². The molecule has 0 aliphatic carbocycles. The van der Waals surface area contributed by atoms with Crippen molar-refractivity contribution in [1.82, 2.24) is 0 Å². The normalized spacial score (nSPS) is 18.9. The van der Waals surface area contributed by atoms with E-state index in [1.54, 1.807) is 18.2 Å². The van der Waals surface area contributed by atoms with Gasteiger partial charge in [-0.05, 0) is 18.2 Å². The maximum atomic E-state index is 11.8. The molecule has 1 aromatic carbocycles. The van der Waals surface area contributed by atoms with Crippen LogP contribution in [-0.2, 0) is 4.79 Å². The summed E-state index contributed by atoms with van der Waals surface area (Å²) in [6.07, 6.45) is 0.234. The maximum Gasteiger partial charge on any atom is 0.228 e. The smallest absolute Gasteiger partial charge is 0.228 e. The summed E-state index contributed by atoms with van der Waals surface area (Å²) in [5.74, 6) is -0.381. The van der Waals surface area contributed by atoms with Gasteiger partial charge in [-0.1, -0.05) is 15.9 Å². The quantitative estimate of drug-likeness (QED) is 0.796. The van der Waals surface area contributed by atoms with E-state index >= 15 is 0 Å². The van der Waals surface area contributed by atoms with Crippen molar-refractivity contribution in [1.29, 1.82) is 10.5 Å². The van der Waals surface area contributed by atoms with Crippen molar-refractivity contribution in [2.45, 2.75) is 6.42 Å². The highest BCUT2D eigenvalue weighted by Crippen LogP contribution is 2.29. The van der Waals surface area contributed by atoms with Gasteiger partial charge in [0.05, 0.1) is 23.2 Å². The van der Waals surface area contributed by atoms with Gasteiger partial charge in [0.25, 0.3) is 0 Å². The minimum absolute atomic E-state index is 0.102. The lowest BCUT2D eigenvalue weighted by atomic mass is 10.1. The van der Waals surface area contributed by atoms with Gasteiger partial charge in [0.2, 0.25) is 5.91 Å². The summed E-state index contributed by atoms with van der Waals surface area (Å²) in [7, 11) is 0. The monoisotopic (exact) mass is 289 g/mol. The molecule has 4 nitrogen and oxygen atoms in total. The van der Waals surface area contributed by atoms with E-state index in [0.717, 1.165) is 4.47 Å². The second kappa shape index (κ2) is 4.57. The molecule has 84 valence electrons. The lowest BCUT2D eigenvalue weighted by Gasteiger charge is -2.17. The summed E-state index contributed by atoms with van der Waals surface area (Å²) in [6, 6.07) is 9.32. The summed E-state index contributed by atoms with van der Waals surface area (Å²) in [5.41, 5.74) is 1.02. The second-order valence-electron chi connectivity index (χ2n) is 3.81. The molecule has 0 spiro atoms. The minimum atomic E-state index is -0.280. The van der Waals surface area contributed by atoms with Crippen molar-refractivity contribution in [3.63, 3.8) is 0 Å². The molecule has 1 aromatic rings. The van der Waals surface area contributed by atoms with Crippen LogP contribution in [0.3, 0.4) is 0 Å². The molecular weight excluding hydrogens is 282 g/mol. The lowest BCUT2D eigenvalue weighted by molar-refractivity contribution is -0.117. The number of nitriles is 2.